The maximum absolute atomic E-state index is 12.9. The Labute approximate surface area is 171 Å². The predicted molar refractivity (Wildman–Crippen MR) is 114 cm³/mol. The molecule has 0 radical (unpaired) electrons. The van der Waals surface area contributed by atoms with E-state index in [0.717, 1.165) is 4.90 Å². The van der Waals surface area contributed by atoms with Crippen molar-refractivity contribution in [2.75, 3.05) is 11.6 Å². The third-order valence-electron chi connectivity index (χ3n) is 4.17. The van der Waals surface area contributed by atoms with Crippen LogP contribution in [0.1, 0.15) is 10.4 Å². The lowest BCUT2D eigenvalue weighted by atomic mass is 10.1. The smallest absolute Gasteiger partial charge is 0.262 e. The third-order valence-corrected chi connectivity index (χ3v) is 4.89. The van der Waals surface area contributed by atoms with Crippen molar-refractivity contribution in [2.24, 2.45) is 4.99 Å². The third kappa shape index (κ3) is 4.30. The maximum atomic E-state index is 12.9. The summed E-state index contributed by atoms with van der Waals surface area (Å²) < 4.78 is 5.90. The fourth-order valence-electron chi connectivity index (χ4n) is 2.77. The van der Waals surface area contributed by atoms with Gasteiger partial charge in [0.25, 0.3) is 5.91 Å². The SMILES string of the molecule is CSc1cccc(N=c2oc3cc(O)ccc3cc2C(=O)Nc2ccccn2)c1. The Balaban J connectivity index is 1.86. The summed E-state index contributed by atoms with van der Waals surface area (Å²) in [5, 5.41) is 13.2. The second-order valence-corrected chi connectivity index (χ2v) is 7.05. The van der Waals surface area contributed by atoms with Gasteiger partial charge < -0.3 is 14.8 Å². The number of hydrogen-bond donors (Lipinski definition) is 2. The van der Waals surface area contributed by atoms with Gasteiger partial charge in [-0.05, 0) is 54.8 Å². The van der Waals surface area contributed by atoms with E-state index in [2.05, 4.69) is 15.3 Å². The number of amides is 1. The van der Waals surface area contributed by atoms with Gasteiger partial charge in [-0.1, -0.05) is 12.1 Å². The molecular weight excluding hydrogens is 386 g/mol. The number of fused-ring (bicyclic) bond motifs is 1. The molecule has 1 amide bonds. The van der Waals surface area contributed by atoms with Crippen LogP contribution in [0, 0.1) is 0 Å². The molecule has 2 aromatic carbocycles. The molecular formula is C22H17N3O3S. The highest BCUT2D eigenvalue weighted by molar-refractivity contribution is 7.98. The molecule has 0 fully saturated rings. The molecule has 0 atom stereocenters. The van der Waals surface area contributed by atoms with Crippen LogP contribution in [0.2, 0.25) is 0 Å². The Kier molecular flexibility index (Phi) is 5.31. The molecule has 2 N–H and O–H groups in total. The van der Waals surface area contributed by atoms with Crippen LogP contribution in [0.3, 0.4) is 0 Å². The monoisotopic (exact) mass is 403 g/mol. The van der Waals surface area contributed by atoms with Gasteiger partial charge in [-0.25, -0.2) is 9.98 Å². The minimum Gasteiger partial charge on any atom is -0.508 e. The molecule has 2 heterocycles. The molecule has 0 saturated heterocycles. The summed E-state index contributed by atoms with van der Waals surface area (Å²) in [6, 6.07) is 19.3. The summed E-state index contributed by atoms with van der Waals surface area (Å²) in [5.74, 6) is 0.114. The van der Waals surface area contributed by atoms with E-state index in [9.17, 15) is 9.90 Å². The zero-order chi connectivity index (χ0) is 20.2. The maximum Gasteiger partial charge on any atom is 0.262 e. The van der Waals surface area contributed by atoms with E-state index < -0.39 is 0 Å². The Bertz CT molecular complexity index is 1250. The number of pyridine rings is 1. The van der Waals surface area contributed by atoms with Crippen LogP contribution in [0.15, 0.2) is 87.2 Å². The van der Waals surface area contributed by atoms with E-state index in [1.807, 2.05) is 30.5 Å². The summed E-state index contributed by atoms with van der Waals surface area (Å²) in [6.07, 6.45) is 3.58. The zero-order valence-corrected chi connectivity index (χ0v) is 16.3. The molecule has 144 valence electrons. The van der Waals surface area contributed by atoms with Crippen LogP contribution in [0.4, 0.5) is 11.5 Å². The average Bonchev–Trinajstić information content (AvgIpc) is 2.74. The second-order valence-electron chi connectivity index (χ2n) is 6.17. The van der Waals surface area contributed by atoms with Crippen molar-refractivity contribution in [3.05, 3.63) is 84.0 Å². The van der Waals surface area contributed by atoms with Gasteiger partial charge in [0.2, 0.25) is 5.55 Å². The number of phenols is 1. The molecule has 0 spiro atoms. The topological polar surface area (TPSA) is 87.7 Å². The van der Waals surface area contributed by atoms with Crippen molar-refractivity contribution >= 4 is 40.1 Å². The minimum absolute atomic E-state index is 0.0715. The first kappa shape index (κ1) is 18.8. The van der Waals surface area contributed by atoms with Gasteiger partial charge in [-0.3, -0.25) is 4.79 Å². The molecule has 0 aliphatic heterocycles. The standard InChI is InChI=1S/C22H17N3O3S/c1-29-17-6-4-5-15(12-17)24-22-18(21(27)25-20-7-2-3-10-23-20)11-14-8-9-16(26)13-19(14)28-22/h2-13,26H,1H3,(H,23,25,27). The van der Waals surface area contributed by atoms with Crippen LogP contribution < -0.4 is 10.9 Å². The lowest BCUT2D eigenvalue weighted by Gasteiger charge is -2.07. The van der Waals surface area contributed by atoms with E-state index >= 15 is 0 Å². The second kappa shape index (κ2) is 8.20. The van der Waals surface area contributed by atoms with Gasteiger partial charge in [0.05, 0.1) is 5.69 Å². The summed E-state index contributed by atoms with van der Waals surface area (Å²) in [5.41, 5.74) is 1.50. The summed E-state index contributed by atoms with van der Waals surface area (Å²) in [6.45, 7) is 0. The molecule has 0 aliphatic rings. The lowest BCUT2D eigenvalue weighted by Crippen LogP contribution is -2.22. The number of aromatic hydroxyl groups is 1. The fraction of sp³-hybridized carbons (Fsp3) is 0.0455. The molecule has 4 aromatic rings. The number of hydrogen-bond acceptors (Lipinski definition) is 6. The number of aromatic nitrogens is 1. The fourth-order valence-corrected chi connectivity index (χ4v) is 3.22. The quantitative estimate of drug-likeness (QED) is 0.481. The van der Waals surface area contributed by atoms with E-state index in [-0.39, 0.29) is 22.8 Å². The van der Waals surface area contributed by atoms with Crippen molar-refractivity contribution in [2.45, 2.75) is 4.90 Å². The number of nitrogens with one attached hydrogen (secondary N) is 1. The molecule has 0 aliphatic carbocycles. The molecule has 4 rings (SSSR count). The van der Waals surface area contributed by atoms with Gasteiger partial charge in [-0.2, -0.15) is 0 Å². The number of thioether (sulfide) groups is 1. The summed E-state index contributed by atoms with van der Waals surface area (Å²) >= 11 is 1.60. The van der Waals surface area contributed by atoms with Crippen LogP contribution >= 0.6 is 11.8 Å². The lowest BCUT2D eigenvalue weighted by molar-refractivity contribution is 0.102. The highest BCUT2D eigenvalue weighted by atomic mass is 32.2. The first-order chi connectivity index (χ1) is 14.1. The number of phenolic OH excluding ortho intramolecular Hbond substituents is 1. The molecule has 6 nitrogen and oxygen atoms in total. The highest BCUT2D eigenvalue weighted by Gasteiger charge is 2.14. The van der Waals surface area contributed by atoms with Crippen LogP contribution in [0.5, 0.6) is 5.75 Å². The first-order valence-corrected chi connectivity index (χ1v) is 10.0. The number of rotatable bonds is 4. The Morgan fingerprint density at radius 3 is 2.79 bits per heavy atom. The van der Waals surface area contributed by atoms with Crippen LogP contribution in [-0.4, -0.2) is 22.3 Å². The normalized spacial score (nSPS) is 11.6. The number of benzene rings is 2. The van der Waals surface area contributed by atoms with Crippen molar-refractivity contribution in [3.63, 3.8) is 0 Å². The van der Waals surface area contributed by atoms with E-state index in [1.54, 1.807) is 48.3 Å². The van der Waals surface area contributed by atoms with Crippen molar-refractivity contribution in [3.8, 4) is 5.75 Å². The Morgan fingerprint density at radius 2 is 2.00 bits per heavy atom. The molecule has 2 aromatic heterocycles. The van der Waals surface area contributed by atoms with Crippen molar-refractivity contribution in [1.82, 2.24) is 4.98 Å². The molecule has 0 saturated carbocycles. The van der Waals surface area contributed by atoms with E-state index in [4.69, 9.17) is 4.42 Å². The highest BCUT2D eigenvalue weighted by Crippen LogP contribution is 2.22. The summed E-state index contributed by atoms with van der Waals surface area (Å²) in [7, 11) is 0. The van der Waals surface area contributed by atoms with Crippen molar-refractivity contribution in [1.29, 1.82) is 0 Å². The summed E-state index contributed by atoms with van der Waals surface area (Å²) in [4.78, 5) is 22.7. The molecule has 0 unspecified atom stereocenters. The van der Waals surface area contributed by atoms with Gasteiger partial charge in [0, 0.05) is 22.5 Å². The van der Waals surface area contributed by atoms with E-state index in [1.165, 1.54) is 12.1 Å². The zero-order valence-electron chi connectivity index (χ0n) is 15.5. The Morgan fingerprint density at radius 1 is 1.10 bits per heavy atom. The van der Waals surface area contributed by atoms with Gasteiger partial charge >= 0.3 is 0 Å². The van der Waals surface area contributed by atoms with Crippen LogP contribution in [0.25, 0.3) is 11.0 Å². The molecule has 0 bridgehead atoms. The van der Waals surface area contributed by atoms with E-state index in [0.29, 0.717) is 22.5 Å². The van der Waals surface area contributed by atoms with Gasteiger partial charge in [-0.15, -0.1) is 11.8 Å². The number of carbonyl (C=O) groups is 1. The average molecular weight is 403 g/mol. The van der Waals surface area contributed by atoms with Gasteiger partial charge in [0.1, 0.15) is 22.7 Å². The number of carbonyl (C=O) groups excluding carboxylic acids is 1. The van der Waals surface area contributed by atoms with Gasteiger partial charge in [0.15, 0.2) is 0 Å². The largest absolute Gasteiger partial charge is 0.508 e. The molecule has 29 heavy (non-hydrogen) atoms. The Hall–Kier alpha value is -3.58. The van der Waals surface area contributed by atoms with Crippen molar-refractivity contribution < 1.29 is 14.3 Å². The number of anilines is 1. The minimum atomic E-state index is -0.387. The predicted octanol–water partition coefficient (Wildman–Crippen LogP) is 4.74. The number of nitrogens with zero attached hydrogens (tertiary/aromatic N) is 2. The van der Waals surface area contributed by atoms with Crippen LogP contribution in [-0.2, 0) is 0 Å². The molecule has 7 heteroatoms. The first-order valence-electron chi connectivity index (χ1n) is 8.80.